The fourth-order valence-corrected chi connectivity index (χ4v) is 2.69. The molecule has 24 heavy (non-hydrogen) atoms. The van der Waals surface area contributed by atoms with Gasteiger partial charge in [-0.1, -0.05) is 12.1 Å². The first kappa shape index (κ1) is 16.4. The van der Waals surface area contributed by atoms with E-state index in [0.717, 1.165) is 11.3 Å². The minimum Gasteiger partial charge on any atom is -0.378 e. The molecule has 0 aliphatic carbocycles. The summed E-state index contributed by atoms with van der Waals surface area (Å²) in [7, 11) is 0. The molecule has 2 aromatic rings. The zero-order valence-corrected chi connectivity index (χ0v) is 13.6. The van der Waals surface area contributed by atoms with Gasteiger partial charge in [-0.25, -0.2) is 4.39 Å². The van der Waals surface area contributed by atoms with Crippen molar-refractivity contribution in [1.82, 2.24) is 14.7 Å². The van der Waals surface area contributed by atoms with E-state index in [9.17, 15) is 9.18 Å². The zero-order chi connectivity index (χ0) is 16.9. The Morgan fingerprint density at radius 3 is 2.96 bits per heavy atom. The molecule has 1 saturated heterocycles. The minimum absolute atomic E-state index is 0.0335. The largest absolute Gasteiger partial charge is 0.378 e. The van der Waals surface area contributed by atoms with Gasteiger partial charge in [0.2, 0.25) is 5.91 Å². The highest BCUT2D eigenvalue weighted by atomic mass is 19.1. The molecule has 3 rings (SSSR count). The molecule has 1 aromatic heterocycles. The van der Waals surface area contributed by atoms with E-state index >= 15 is 0 Å². The second kappa shape index (κ2) is 7.44. The molecule has 0 bridgehead atoms. The van der Waals surface area contributed by atoms with Gasteiger partial charge in [-0.15, -0.1) is 0 Å². The maximum absolute atomic E-state index is 13.3. The maximum atomic E-state index is 13.3. The number of morpholine rings is 1. The van der Waals surface area contributed by atoms with Gasteiger partial charge in [-0.2, -0.15) is 5.10 Å². The van der Waals surface area contributed by atoms with Gasteiger partial charge in [0, 0.05) is 25.3 Å². The minimum atomic E-state index is -0.257. The van der Waals surface area contributed by atoms with Crippen LogP contribution >= 0.6 is 0 Å². The number of hydrogen-bond donors (Lipinski definition) is 1. The molecule has 1 unspecified atom stereocenters. The van der Waals surface area contributed by atoms with Crippen molar-refractivity contribution < 1.29 is 13.9 Å². The summed E-state index contributed by atoms with van der Waals surface area (Å²) in [6.45, 7) is 4.58. The predicted molar refractivity (Wildman–Crippen MR) is 88.1 cm³/mol. The van der Waals surface area contributed by atoms with Crippen LogP contribution in [-0.4, -0.2) is 46.9 Å². The van der Waals surface area contributed by atoms with Crippen molar-refractivity contribution in [3.05, 3.63) is 48.0 Å². The molecular weight excluding hydrogens is 311 g/mol. The first-order valence-electron chi connectivity index (χ1n) is 8.02. The van der Waals surface area contributed by atoms with Gasteiger partial charge in [-0.3, -0.25) is 9.48 Å². The molecule has 1 amide bonds. The van der Waals surface area contributed by atoms with Gasteiger partial charge < -0.3 is 15.0 Å². The SMILES string of the molecule is CC(Nc1cnn(CC(=O)N2CCOCC2)c1)c1cccc(F)c1. The monoisotopic (exact) mass is 332 g/mol. The van der Waals surface area contributed by atoms with Crippen molar-refractivity contribution in [2.75, 3.05) is 31.6 Å². The summed E-state index contributed by atoms with van der Waals surface area (Å²) in [6, 6.07) is 6.42. The summed E-state index contributed by atoms with van der Waals surface area (Å²) in [6.07, 6.45) is 3.45. The van der Waals surface area contributed by atoms with E-state index in [0.29, 0.717) is 26.3 Å². The topological polar surface area (TPSA) is 59.4 Å². The fraction of sp³-hybridized carbons (Fsp3) is 0.412. The number of ether oxygens (including phenoxy) is 1. The van der Waals surface area contributed by atoms with E-state index in [1.165, 1.54) is 12.1 Å². The Labute approximate surface area is 140 Å². The van der Waals surface area contributed by atoms with Crippen molar-refractivity contribution in [3.63, 3.8) is 0 Å². The number of rotatable bonds is 5. The average molecular weight is 332 g/mol. The Balaban J connectivity index is 1.58. The van der Waals surface area contributed by atoms with Crippen LogP contribution in [0.1, 0.15) is 18.5 Å². The van der Waals surface area contributed by atoms with E-state index in [2.05, 4.69) is 10.4 Å². The molecular formula is C17H21FN4O2. The molecule has 0 radical (unpaired) electrons. The molecule has 1 aromatic carbocycles. The molecule has 1 aliphatic heterocycles. The van der Waals surface area contributed by atoms with E-state index in [1.54, 1.807) is 28.0 Å². The van der Waals surface area contributed by atoms with E-state index in [-0.39, 0.29) is 24.3 Å². The van der Waals surface area contributed by atoms with Crippen molar-refractivity contribution in [2.45, 2.75) is 19.5 Å². The van der Waals surface area contributed by atoms with Crippen LogP contribution in [0.15, 0.2) is 36.7 Å². The smallest absolute Gasteiger partial charge is 0.244 e. The zero-order valence-electron chi connectivity index (χ0n) is 13.6. The number of benzene rings is 1. The highest BCUT2D eigenvalue weighted by Crippen LogP contribution is 2.19. The summed E-state index contributed by atoms with van der Waals surface area (Å²) < 4.78 is 20.2. The van der Waals surface area contributed by atoms with E-state index in [1.807, 2.05) is 13.0 Å². The standard InChI is InChI=1S/C17H21FN4O2/c1-13(14-3-2-4-15(18)9-14)20-16-10-19-22(11-16)12-17(23)21-5-7-24-8-6-21/h2-4,9-11,13,20H,5-8,12H2,1H3. The van der Waals surface area contributed by atoms with Gasteiger partial charge in [0.15, 0.2) is 0 Å². The summed E-state index contributed by atoms with van der Waals surface area (Å²) in [4.78, 5) is 14.0. The molecule has 6 nitrogen and oxygen atoms in total. The van der Waals surface area contributed by atoms with Gasteiger partial charge >= 0.3 is 0 Å². The third-order valence-corrected chi connectivity index (χ3v) is 4.03. The van der Waals surface area contributed by atoms with Crippen LogP contribution in [0.25, 0.3) is 0 Å². The number of anilines is 1. The van der Waals surface area contributed by atoms with Crippen molar-refractivity contribution in [2.24, 2.45) is 0 Å². The number of nitrogens with one attached hydrogen (secondary N) is 1. The van der Waals surface area contributed by atoms with E-state index in [4.69, 9.17) is 4.74 Å². The summed E-state index contributed by atoms with van der Waals surface area (Å²) in [5.41, 5.74) is 1.65. The molecule has 1 fully saturated rings. The number of amides is 1. The predicted octanol–water partition coefficient (Wildman–Crippen LogP) is 2.05. The van der Waals surface area contributed by atoms with Crippen LogP contribution in [0, 0.1) is 5.82 Å². The first-order valence-corrected chi connectivity index (χ1v) is 8.02. The number of halogens is 1. The highest BCUT2D eigenvalue weighted by Gasteiger charge is 2.17. The molecule has 128 valence electrons. The maximum Gasteiger partial charge on any atom is 0.244 e. The van der Waals surface area contributed by atoms with Crippen LogP contribution in [0.5, 0.6) is 0 Å². The summed E-state index contributed by atoms with van der Waals surface area (Å²) in [5, 5.41) is 7.48. The Morgan fingerprint density at radius 2 is 2.21 bits per heavy atom. The van der Waals surface area contributed by atoms with Crippen LogP contribution in [0.3, 0.4) is 0 Å². The lowest BCUT2D eigenvalue weighted by Gasteiger charge is -2.26. The molecule has 1 aliphatic rings. The fourth-order valence-electron chi connectivity index (χ4n) is 2.69. The Bertz CT molecular complexity index is 697. The van der Waals surface area contributed by atoms with Crippen LogP contribution in [0.2, 0.25) is 0 Å². The molecule has 2 heterocycles. The molecule has 0 spiro atoms. The number of aromatic nitrogens is 2. The lowest BCUT2D eigenvalue weighted by Crippen LogP contribution is -2.42. The average Bonchev–Trinajstić information content (AvgIpc) is 3.02. The molecule has 1 N–H and O–H groups in total. The normalized spacial score (nSPS) is 16.0. The van der Waals surface area contributed by atoms with E-state index < -0.39 is 0 Å². The third-order valence-electron chi connectivity index (χ3n) is 4.03. The lowest BCUT2D eigenvalue weighted by molar-refractivity contribution is -0.136. The Kier molecular flexibility index (Phi) is 5.10. The first-order chi connectivity index (χ1) is 11.6. The van der Waals surface area contributed by atoms with Gasteiger partial charge in [-0.05, 0) is 24.6 Å². The third kappa shape index (κ3) is 4.11. The quantitative estimate of drug-likeness (QED) is 0.910. The van der Waals surface area contributed by atoms with Gasteiger partial charge in [0.05, 0.1) is 25.1 Å². The van der Waals surface area contributed by atoms with Gasteiger partial charge in [0.1, 0.15) is 12.4 Å². The Morgan fingerprint density at radius 1 is 1.42 bits per heavy atom. The number of nitrogens with zero attached hydrogens (tertiary/aromatic N) is 3. The second-order valence-electron chi connectivity index (χ2n) is 5.84. The van der Waals surface area contributed by atoms with Crippen LogP contribution < -0.4 is 5.32 Å². The summed E-state index contributed by atoms with van der Waals surface area (Å²) >= 11 is 0. The lowest BCUT2D eigenvalue weighted by atomic mass is 10.1. The van der Waals surface area contributed by atoms with Crippen molar-refractivity contribution >= 4 is 11.6 Å². The number of hydrogen-bond acceptors (Lipinski definition) is 4. The van der Waals surface area contributed by atoms with Gasteiger partial charge in [0.25, 0.3) is 0 Å². The number of carbonyl (C=O) groups excluding carboxylic acids is 1. The Hall–Kier alpha value is -2.41. The molecule has 0 saturated carbocycles. The highest BCUT2D eigenvalue weighted by molar-refractivity contribution is 5.76. The van der Waals surface area contributed by atoms with Crippen molar-refractivity contribution in [3.8, 4) is 0 Å². The number of carbonyl (C=O) groups is 1. The van der Waals surface area contributed by atoms with Crippen LogP contribution in [0.4, 0.5) is 10.1 Å². The molecule has 1 atom stereocenters. The van der Waals surface area contributed by atoms with Crippen molar-refractivity contribution in [1.29, 1.82) is 0 Å². The molecule has 7 heteroatoms. The van der Waals surface area contributed by atoms with Crippen LogP contribution in [-0.2, 0) is 16.1 Å². The summed E-state index contributed by atoms with van der Waals surface area (Å²) in [5.74, 6) is -0.223. The second-order valence-corrected chi connectivity index (χ2v) is 5.84.